The highest BCUT2D eigenvalue weighted by molar-refractivity contribution is 9.10. The van der Waals surface area contributed by atoms with E-state index < -0.39 is 11.9 Å². The van der Waals surface area contributed by atoms with Crippen molar-refractivity contribution in [3.05, 3.63) is 205 Å². The van der Waals surface area contributed by atoms with Crippen molar-refractivity contribution < 1.29 is 23.5 Å². The average Bonchev–Trinajstić information content (AvgIpc) is 1.22. The van der Waals surface area contributed by atoms with E-state index in [-0.39, 0.29) is 84.4 Å². The number of carboxylic acid groups (broad SMARTS) is 1. The van der Waals surface area contributed by atoms with Gasteiger partial charge in [0.05, 0.1) is 30.3 Å². The number of anilines is 5. The third kappa shape index (κ3) is 21.6. The lowest BCUT2D eigenvalue weighted by molar-refractivity contribution is 0.0691. The number of hydrogen-bond donors (Lipinski definition) is 5. The molecule has 92 heavy (non-hydrogen) atoms. The number of halogens is 1. The number of carbonyl (C=O) groups excluding carboxylic acids is 1. The SMILES string of the molecule is C.C.CCC.CN(C)c1cccc(CN)n1.CN(C)c1cccc(CNC(=O)c2nc(-c3ccc(=O)n(C)c3)c(-c3ncco3)nc2N)n1.Cn1cc(-c2nc(C(=O)O)c(N)nc2-c2ncco2)ccc1=O.[C-]#[N+]c1cccc(Br)n1.[C-]#[N+]c1cccc(N(C)C)n1. The lowest BCUT2D eigenvalue weighted by Crippen LogP contribution is -2.26. The summed E-state index contributed by atoms with van der Waals surface area (Å²) < 4.78 is 14.0. The topological polar surface area (TPSA) is 362 Å². The number of hydrogen-bond acceptors (Lipinski definition) is 22. The van der Waals surface area contributed by atoms with Crippen LogP contribution < -0.4 is 48.3 Å². The Balaban J connectivity index is 0.000000323. The van der Waals surface area contributed by atoms with E-state index in [4.69, 9.17) is 39.2 Å². The van der Waals surface area contributed by atoms with Crippen molar-refractivity contribution in [3.8, 4) is 45.7 Å². The minimum Gasteiger partial charge on any atom is -0.476 e. The first kappa shape index (κ1) is 74.7. The number of aryl methyl sites for hydroxylation is 2. The Morgan fingerprint density at radius 2 is 1.00 bits per heavy atom. The van der Waals surface area contributed by atoms with E-state index in [9.17, 15) is 24.3 Å². The monoisotopic (exact) mass is 1320 g/mol. The van der Waals surface area contributed by atoms with Crippen LogP contribution in [-0.4, -0.2) is 118 Å². The maximum absolute atomic E-state index is 12.9. The fourth-order valence-corrected chi connectivity index (χ4v) is 7.49. The van der Waals surface area contributed by atoms with Crippen LogP contribution >= 0.6 is 15.9 Å². The van der Waals surface area contributed by atoms with E-state index in [0.717, 1.165) is 23.1 Å². The number of aromatic carboxylic acids is 1. The van der Waals surface area contributed by atoms with Gasteiger partial charge in [-0.15, -0.1) is 9.97 Å². The summed E-state index contributed by atoms with van der Waals surface area (Å²) in [6.07, 6.45) is 9.99. The molecule has 0 fully saturated rings. The number of nitrogens with two attached hydrogens (primary N) is 3. The summed E-state index contributed by atoms with van der Waals surface area (Å²) in [5, 5.41) is 12.0. The molecule has 8 N–H and O–H groups in total. The molecule has 0 aromatic carbocycles. The summed E-state index contributed by atoms with van der Waals surface area (Å²) in [7, 11) is 14.7. The quantitative estimate of drug-likeness (QED) is 0.0561. The zero-order valence-corrected chi connectivity index (χ0v) is 52.5. The molecule has 0 atom stereocenters. The van der Waals surface area contributed by atoms with Gasteiger partial charge >= 0.3 is 5.97 Å². The van der Waals surface area contributed by atoms with Gasteiger partial charge in [0.25, 0.3) is 17.5 Å². The normalized spacial score (nSPS) is 9.76. The molecule has 0 aliphatic rings. The van der Waals surface area contributed by atoms with Crippen LogP contribution in [-0.2, 0) is 27.2 Å². The smallest absolute Gasteiger partial charge is 0.358 e. The Labute approximate surface area is 541 Å². The number of amides is 1. The van der Waals surface area contributed by atoms with Crippen LogP contribution in [0.5, 0.6) is 0 Å². The fraction of sp³-hybridized carbons (Fsp3) is 0.238. The van der Waals surface area contributed by atoms with Crippen LogP contribution in [0.4, 0.5) is 40.7 Å². The van der Waals surface area contributed by atoms with E-state index in [1.165, 1.54) is 64.9 Å². The Morgan fingerprint density at radius 3 is 1.40 bits per heavy atom. The van der Waals surface area contributed by atoms with E-state index in [0.29, 0.717) is 45.3 Å². The lowest BCUT2D eigenvalue weighted by atomic mass is 10.1. The van der Waals surface area contributed by atoms with E-state index >= 15 is 0 Å². The second-order valence-corrected chi connectivity index (χ2v) is 20.0. The first-order valence-electron chi connectivity index (χ1n) is 27.0. The number of pyridine rings is 6. The molecular weight excluding hydrogens is 1240 g/mol. The molecule has 29 heteroatoms. The number of oxazole rings is 2. The van der Waals surface area contributed by atoms with Gasteiger partial charge in [-0.05, 0) is 70.5 Å². The summed E-state index contributed by atoms with van der Waals surface area (Å²) >= 11 is 3.15. The van der Waals surface area contributed by atoms with Crippen molar-refractivity contribution in [3.63, 3.8) is 0 Å². The van der Waals surface area contributed by atoms with Crippen LogP contribution in [0.1, 0.15) is 67.5 Å². The second kappa shape index (κ2) is 36.7. The highest BCUT2D eigenvalue weighted by Gasteiger charge is 2.24. The van der Waals surface area contributed by atoms with E-state index in [1.54, 1.807) is 50.6 Å². The molecule has 0 bridgehead atoms. The lowest BCUT2D eigenvalue weighted by Gasteiger charge is -2.13. The molecule has 28 nitrogen and oxygen atoms in total. The van der Waals surface area contributed by atoms with Crippen molar-refractivity contribution in [1.82, 2.24) is 64.3 Å². The first-order chi connectivity index (χ1) is 43.0. The van der Waals surface area contributed by atoms with Gasteiger partial charge in [0, 0.05) is 105 Å². The highest BCUT2D eigenvalue weighted by atomic mass is 79.9. The molecule has 10 heterocycles. The predicted octanol–water partition coefficient (Wildman–Crippen LogP) is 9.64. The van der Waals surface area contributed by atoms with E-state index in [1.807, 2.05) is 106 Å². The molecule has 10 aromatic rings. The second-order valence-electron chi connectivity index (χ2n) is 19.2. The largest absolute Gasteiger partial charge is 0.476 e. The molecule has 10 aromatic heterocycles. The Hall–Kier alpha value is -11.6. The predicted molar refractivity (Wildman–Crippen MR) is 361 cm³/mol. The Morgan fingerprint density at radius 1 is 0.587 bits per heavy atom. The summed E-state index contributed by atoms with van der Waals surface area (Å²) in [5.74, 6) is 1.59. The molecule has 0 aliphatic carbocycles. The molecule has 0 unspecified atom stereocenters. The summed E-state index contributed by atoms with van der Waals surface area (Å²) in [6.45, 7) is 18.2. The molecule has 0 saturated carbocycles. The molecular formula is C63H74BrN21O7. The maximum atomic E-state index is 12.9. The molecule has 0 saturated heterocycles. The highest BCUT2D eigenvalue weighted by Crippen LogP contribution is 2.31. The number of rotatable bonds is 12. The van der Waals surface area contributed by atoms with Crippen molar-refractivity contribution in [2.24, 2.45) is 19.8 Å². The molecule has 1 amide bonds. The Kier molecular flexibility index (Phi) is 29.8. The number of carbonyl (C=O) groups is 2. The molecule has 0 spiro atoms. The van der Waals surface area contributed by atoms with Crippen molar-refractivity contribution >= 4 is 68.5 Å². The molecule has 10 rings (SSSR count). The average molecular weight is 1320 g/mol. The van der Waals surface area contributed by atoms with Gasteiger partial charge in [-0.3, -0.25) is 14.4 Å². The van der Waals surface area contributed by atoms with Gasteiger partial charge in [0.1, 0.15) is 35.5 Å². The fourth-order valence-electron chi connectivity index (χ4n) is 7.15. The first-order valence-corrected chi connectivity index (χ1v) is 27.8. The van der Waals surface area contributed by atoms with Crippen LogP contribution in [0.25, 0.3) is 55.4 Å². The molecule has 0 radical (unpaired) electrons. The summed E-state index contributed by atoms with van der Waals surface area (Å²) in [5.41, 5.74) is 19.9. The number of nitrogens with one attached hydrogen (secondary N) is 1. The number of nitrogens with zero attached hydrogens (tertiary/aromatic N) is 17. The minimum absolute atomic E-state index is 0. The summed E-state index contributed by atoms with van der Waals surface area (Å²) in [6, 6.07) is 27.9. The zero-order chi connectivity index (χ0) is 66.0. The van der Waals surface area contributed by atoms with Crippen molar-refractivity contribution in [2.45, 2.75) is 48.2 Å². The van der Waals surface area contributed by atoms with Gasteiger partial charge < -0.3 is 70.0 Å². The van der Waals surface area contributed by atoms with Crippen molar-refractivity contribution in [1.29, 1.82) is 0 Å². The van der Waals surface area contributed by atoms with Crippen LogP contribution in [0.15, 0.2) is 157 Å². The summed E-state index contributed by atoms with van der Waals surface area (Å²) in [4.78, 5) is 101. The van der Waals surface area contributed by atoms with Crippen LogP contribution in [0.2, 0.25) is 0 Å². The third-order valence-electron chi connectivity index (χ3n) is 11.5. The van der Waals surface area contributed by atoms with Crippen LogP contribution in [0, 0.1) is 13.1 Å². The Bertz CT molecular complexity index is 4220. The number of nitrogen functional groups attached to an aromatic ring is 2. The van der Waals surface area contributed by atoms with Crippen LogP contribution in [0.3, 0.4) is 0 Å². The maximum Gasteiger partial charge on any atom is 0.358 e. The standard InChI is InChI=1S/C22H22N8O3.C14H11N5O4.C8H9N3.C8H13N3.C6H3BrN2.C3H8.2CH4/c1-29(2)15-6-4-5-14(26-15)11-25-21(32)19-20(23)28-18(22-24-9-10-33-22)17(27-19)13-7-8-16(31)30(3)12-13;1-19-6-7(2-3-8(19)20)9-10(13-16-4-5-23-13)18-12(15)11(17-9)14(21)22;1-9-7-5-4-6-8(10-7)11(2)3;1-11(2)8-5-3-4-7(6-9)10-8;1-8-6-4-2-3-5(7)9-6;1-3-2;;/h4-10,12H,11H2,1-3H3,(H2,23,28)(H,25,32);2-6H,1H3,(H2,15,18)(H,21,22);4-6H,2-3H3;3-5H,6,9H2,1-2H3;2-4H;3H2,1-2H3;2*1H4. The van der Waals surface area contributed by atoms with Gasteiger partial charge in [-0.1, -0.05) is 72.5 Å². The molecule has 0 aliphatic heterocycles. The third-order valence-corrected chi connectivity index (χ3v) is 11.9. The van der Waals surface area contributed by atoms with Gasteiger partial charge in [-0.2, -0.15) is 0 Å². The van der Waals surface area contributed by atoms with E-state index in [2.05, 4.69) is 94.6 Å². The minimum atomic E-state index is -1.31. The number of aromatic nitrogens is 12. The van der Waals surface area contributed by atoms with Gasteiger partial charge in [0.15, 0.2) is 39.0 Å². The van der Waals surface area contributed by atoms with Crippen molar-refractivity contribution in [2.75, 3.05) is 68.5 Å². The zero-order valence-electron chi connectivity index (χ0n) is 50.9. The van der Waals surface area contributed by atoms with Gasteiger partial charge in [0.2, 0.25) is 28.7 Å². The van der Waals surface area contributed by atoms with Gasteiger partial charge in [-0.25, -0.2) is 44.7 Å². The molecule has 480 valence electrons. The number of carboxylic acids is 1.